The molecule has 0 bridgehead atoms. The molecule has 7 N–H and O–H groups in total. The van der Waals surface area contributed by atoms with Gasteiger partial charge in [-0.3, -0.25) is 14.4 Å². The van der Waals surface area contributed by atoms with Gasteiger partial charge in [0.05, 0.1) is 12.6 Å². The lowest BCUT2D eigenvalue weighted by molar-refractivity contribution is -0.142. The maximum Gasteiger partial charge on any atom is 0.326 e. The third-order valence-electron chi connectivity index (χ3n) is 4.99. The van der Waals surface area contributed by atoms with Crippen LogP contribution in [0.1, 0.15) is 19.4 Å². The van der Waals surface area contributed by atoms with Crippen LogP contribution in [0.4, 0.5) is 0 Å². The van der Waals surface area contributed by atoms with Crippen LogP contribution in [0.2, 0.25) is 0 Å². The van der Waals surface area contributed by atoms with Gasteiger partial charge in [-0.15, -0.1) is 0 Å². The molecular weight excluding hydrogens is 434 g/mol. The third kappa shape index (κ3) is 6.72. The van der Waals surface area contributed by atoms with Gasteiger partial charge in [0.1, 0.15) is 12.1 Å². The molecule has 1 heterocycles. The summed E-state index contributed by atoms with van der Waals surface area (Å²) in [6.45, 7) is 3.19. The minimum atomic E-state index is -1.21. The van der Waals surface area contributed by atoms with Gasteiger partial charge >= 0.3 is 5.97 Å². The van der Waals surface area contributed by atoms with Gasteiger partial charge in [0.15, 0.2) is 0 Å². The van der Waals surface area contributed by atoms with E-state index in [0.717, 1.165) is 16.5 Å². The number of carbonyl (C=O) groups is 4. The minimum Gasteiger partial charge on any atom is -0.480 e. The van der Waals surface area contributed by atoms with Crippen molar-refractivity contribution in [2.75, 3.05) is 12.3 Å². The van der Waals surface area contributed by atoms with Crippen molar-refractivity contribution in [3.05, 3.63) is 36.0 Å². The number of aliphatic carboxylic acids is 1. The predicted octanol–water partition coefficient (Wildman–Crippen LogP) is -0.206. The van der Waals surface area contributed by atoms with Crippen LogP contribution in [-0.4, -0.2) is 64.2 Å². The average Bonchev–Trinajstić information content (AvgIpc) is 3.17. The van der Waals surface area contributed by atoms with E-state index in [2.05, 4.69) is 33.6 Å². The molecule has 3 unspecified atom stereocenters. The first-order chi connectivity index (χ1) is 15.1. The van der Waals surface area contributed by atoms with Crippen molar-refractivity contribution in [2.45, 2.75) is 38.4 Å². The molecule has 2 aromatic rings. The zero-order valence-corrected chi connectivity index (χ0v) is 18.8. The van der Waals surface area contributed by atoms with E-state index in [4.69, 9.17) is 5.73 Å². The highest BCUT2D eigenvalue weighted by molar-refractivity contribution is 7.80. The second-order valence-corrected chi connectivity index (χ2v) is 8.12. The molecule has 0 saturated carbocycles. The number of H-pyrrole nitrogens is 1. The number of fused-ring (bicyclic) bond motifs is 1. The second-order valence-electron chi connectivity index (χ2n) is 7.75. The number of amides is 3. The number of para-hydroxylation sites is 1. The lowest BCUT2D eigenvalue weighted by atomic mass is 10.0. The van der Waals surface area contributed by atoms with Crippen LogP contribution in [0, 0.1) is 5.92 Å². The Morgan fingerprint density at radius 1 is 1.09 bits per heavy atom. The van der Waals surface area contributed by atoms with Gasteiger partial charge in [-0.05, 0) is 17.5 Å². The zero-order valence-electron chi connectivity index (χ0n) is 17.9. The van der Waals surface area contributed by atoms with Crippen molar-refractivity contribution in [3.63, 3.8) is 0 Å². The summed E-state index contributed by atoms with van der Waals surface area (Å²) in [5, 5.41) is 17.7. The van der Waals surface area contributed by atoms with Crippen LogP contribution >= 0.6 is 12.6 Å². The van der Waals surface area contributed by atoms with Crippen molar-refractivity contribution in [3.8, 4) is 0 Å². The molecule has 2 rings (SSSR count). The number of aromatic nitrogens is 1. The number of aromatic amines is 1. The monoisotopic (exact) mass is 463 g/mol. The maximum atomic E-state index is 12.6. The number of hydrogen-bond donors (Lipinski definition) is 7. The van der Waals surface area contributed by atoms with Gasteiger partial charge in [-0.25, -0.2) is 4.79 Å². The molecule has 0 aliphatic heterocycles. The minimum absolute atomic E-state index is 0.0570. The normalized spacial score (nSPS) is 13.9. The topological polar surface area (TPSA) is 166 Å². The summed E-state index contributed by atoms with van der Waals surface area (Å²) in [5.74, 6) is -3.15. The van der Waals surface area contributed by atoms with Gasteiger partial charge < -0.3 is 31.8 Å². The molecule has 32 heavy (non-hydrogen) atoms. The summed E-state index contributed by atoms with van der Waals surface area (Å²) in [5.41, 5.74) is 7.32. The van der Waals surface area contributed by atoms with E-state index in [1.54, 1.807) is 20.0 Å². The Kier molecular flexibility index (Phi) is 9.09. The number of benzene rings is 1. The van der Waals surface area contributed by atoms with Gasteiger partial charge in [0.25, 0.3) is 0 Å². The summed E-state index contributed by atoms with van der Waals surface area (Å²) < 4.78 is 0. The van der Waals surface area contributed by atoms with Gasteiger partial charge in [-0.2, -0.15) is 12.6 Å². The highest BCUT2D eigenvalue weighted by atomic mass is 32.1. The molecular formula is C21H29N5O5S. The molecule has 0 fully saturated rings. The summed E-state index contributed by atoms with van der Waals surface area (Å²) in [6.07, 6.45) is 1.76. The number of hydrogen-bond acceptors (Lipinski definition) is 6. The van der Waals surface area contributed by atoms with E-state index in [1.807, 2.05) is 24.3 Å². The van der Waals surface area contributed by atoms with E-state index in [0.29, 0.717) is 0 Å². The van der Waals surface area contributed by atoms with Crippen molar-refractivity contribution >= 4 is 47.2 Å². The van der Waals surface area contributed by atoms with E-state index >= 15 is 0 Å². The van der Waals surface area contributed by atoms with Crippen molar-refractivity contribution in [2.24, 2.45) is 11.7 Å². The molecule has 0 saturated heterocycles. The first-order valence-electron chi connectivity index (χ1n) is 10.2. The molecule has 1 aromatic carbocycles. The third-order valence-corrected chi connectivity index (χ3v) is 5.36. The Hall–Kier alpha value is -3.05. The Bertz CT molecular complexity index is 976. The summed E-state index contributed by atoms with van der Waals surface area (Å²) in [4.78, 5) is 51.4. The number of nitrogens with two attached hydrogens (primary N) is 1. The van der Waals surface area contributed by atoms with Gasteiger partial charge in [-0.1, -0.05) is 32.0 Å². The van der Waals surface area contributed by atoms with E-state index < -0.39 is 41.8 Å². The Morgan fingerprint density at radius 3 is 2.41 bits per heavy atom. The quantitative estimate of drug-likeness (QED) is 0.228. The Labute approximate surface area is 191 Å². The highest BCUT2D eigenvalue weighted by Gasteiger charge is 2.27. The number of nitrogens with one attached hydrogen (secondary N) is 4. The highest BCUT2D eigenvalue weighted by Crippen LogP contribution is 2.19. The van der Waals surface area contributed by atoms with Crippen LogP contribution in [0.3, 0.4) is 0 Å². The number of carboxylic acids is 1. The van der Waals surface area contributed by atoms with Gasteiger partial charge in [0, 0.05) is 29.3 Å². The molecule has 1 aromatic heterocycles. The predicted molar refractivity (Wildman–Crippen MR) is 123 cm³/mol. The number of rotatable bonds is 11. The molecule has 0 aliphatic rings. The van der Waals surface area contributed by atoms with Crippen LogP contribution in [0.25, 0.3) is 10.9 Å². The van der Waals surface area contributed by atoms with Crippen LogP contribution in [0.5, 0.6) is 0 Å². The smallest absolute Gasteiger partial charge is 0.326 e. The Balaban J connectivity index is 1.96. The van der Waals surface area contributed by atoms with Crippen molar-refractivity contribution in [1.82, 2.24) is 20.9 Å². The molecule has 11 heteroatoms. The van der Waals surface area contributed by atoms with E-state index in [1.165, 1.54) is 0 Å². The fraction of sp³-hybridized carbons (Fsp3) is 0.429. The second kappa shape index (κ2) is 11.5. The zero-order chi connectivity index (χ0) is 23.8. The number of carbonyl (C=O) groups excluding carboxylic acids is 3. The van der Waals surface area contributed by atoms with Crippen LogP contribution in [0.15, 0.2) is 30.5 Å². The molecule has 3 amide bonds. The number of carboxylic acid groups (broad SMARTS) is 1. The molecule has 0 aliphatic carbocycles. The molecule has 3 atom stereocenters. The van der Waals surface area contributed by atoms with E-state index in [9.17, 15) is 24.3 Å². The lowest BCUT2D eigenvalue weighted by Crippen LogP contribution is -2.55. The SMILES string of the molecule is CC(C)C(N)C(=O)NCC(=O)NC(CS)C(=O)NC(Cc1c[nH]c2ccccc12)C(=O)O. The summed E-state index contributed by atoms with van der Waals surface area (Å²) in [6, 6.07) is 4.39. The lowest BCUT2D eigenvalue weighted by Gasteiger charge is -2.21. The van der Waals surface area contributed by atoms with Crippen LogP contribution in [-0.2, 0) is 25.6 Å². The van der Waals surface area contributed by atoms with Gasteiger partial charge in [0.2, 0.25) is 17.7 Å². The molecule has 174 valence electrons. The Morgan fingerprint density at radius 2 is 1.78 bits per heavy atom. The fourth-order valence-corrected chi connectivity index (χ4v) is 3.28. The number of thiol groups is 1. The maximum absolute atomic E-state index is 12.6. The summed E-state index contributed by atoms with van der Waals surface area (Å²) in [7, 11) is 0. The standard InChI is InChI=1S/C21H29N5O5S/c1-11(2)18(22)20(29)24-9-17(27)25-16(10-32)19(28)26-15(21(30)31)7-12-8-23-14-6-4-3-5-13(12)14/h3-6,8,11,15-16,18,23,32H,7,9-10,22H2,1-2H3,(H,24,29)(H,25,27)(H,26,28)(H,30,31). The molecule has 0 spiro atoms. The molecule has 10 nitrogen and oxygen atoms in total. The van der Waals surface area contributed by atoms with Crippen molar-refractivity contribution < 1.29 is 24.3 Å². The van der Waals surface area contributed by atoms with E-state index in [-0.39, 0.29) is 24.6 Å². The fourth-order valence-electron chi connectivity index (χ4n) is 3.02. The van der Waals surface area contributed by atoms with Crippen molar-refractivity contribution in [1.29, 1.82) is 0 Å². The average molecular weight is 464 g/mol. The molecule has 0 radical (unpaired) electrons. The summed E-state index contributed by atoms with van der Waals surface area (Å²) >= 11 is 4.07. The largest absolute Gasteiger partial charge is 0.480 e. The van der Waals surface area contributed by atoms with Crippen LogP contribution < -0.4 is 21.7 Å². The first kappa shape index (κ1) is 25.2. The first-order valence-corrected chi connectivity index (χ1v) is 10.8.